The predicted molar refractivity (Wildman–Crippen MR) is 74.4 cm³/mol. The van der Waals surface area contributed by atoms with E-state index < -0.39 is 0 Å². The smallest absolute Gasteiger partial charge is 0.264 e. The Labute approximate surface area is 115 Å². The predicted octanol–water partition coefficient (Wildman–Crippen LogP) is 1.93. The second-order valence-corrected chi connectivity index (χ2v) is 6.02. The van der Waals surface area contributed by atoms with Crippen molar-refractivity contribution < 1.29 is 4.79 Å². The van der Waals surface area contributed by atoms with Crippen LogP contribution in [0.5, 0.6) is 0 Å². The van der Waals surface area contributed by atoms with Gasteiger partial charge >= 0.3 is 0 Å². The molecule has 0 atom stereocenters. The van der Waals surface area contributed by atoms with Crippen molar-refractivity contribution in [1.82, 2.24) is 9.80 Å². The molecule has 0 N–H and O–H groups in total. The Morgan fingerprint density at radius 3 is 2.16 bits per heavy atom. The summed E-state index contributed by atoms with van der Waals surface area (Å²) in [6.45, 7) is 7.88. The fourth-order valence-electron chi connectivity index (χ4n) is 2.97. The molecule has 2 aliphatic rings. The first-order chi connectivity index (χ1) is 9.04. The minimum absolute atomic E-state index is 0.0905. The number of carbonyl (C=O) groups is 1. The molecule has 2 rings (SSSR count). The molecule has 2 aliphatic heterocycles. The molecule has 19 heavy (non-hydrogen) atoms. The van der Waals surface area contributed by atoms with Gasteiger partial charge in [-0.3, -0.25) is 9.69 Å². The molecule has 0 bridgehead atoms. The van der Waals surface area contributed by atoms with Crippen LogP contribution in [0.4, 0.5) is 0 Å². The molecule has 0 aromatic rings. The number of nitrogens with zero attached hydrogens (tertiary/aromatic N) is 3. The molecular weight excluding hydrogens is 238 g/mol. The van der Waals surface area contributed by atoms with Gasteiger partial charge in [0.25, 0.3) is 5.91 Å². The molecule has 0 spiro atoms. The van der Waals surface area contributed by atoms with E-state index in [9.17, 15) is 10.1 Å². The van der Waals surface area contributed by atoms with Crippen molar-refractivity contribution >= 4 is 5.91 Å². The van der Waals surface area contributed by atoms with E-state index in [2.05, 4.69) is 24.8 Å². The summed E-state index contributed by atoms with van der Waals surface area (Å²) in [6, 6.07) is 2.10. The van der Waals surface area contributed by atoms with E-state index in [0.717, 1.165) is 39.0 Å². The summed E-state index contributed by atoms with van der Waals surface area (Å²) in [5, 5.41) is 9.28. The van der Waals surface area contributed by atoms with Gasteiger partial charge in [-0.2, -0.15) is 5.26 Å². The Morgan fingerprint density at radius 1 is 1.11 bits per heavy atom. The number of hydrogen-bond donors (Lipinski definition) is 0. The summed E-state index contributed by atoms with van der Waals surface area (Å²) in [4.78, 5) is 16.4. The highest BCUT2D eigenvalue weighted by atomic mass is 16.2. The first kappa shape index (κ1) is 14.1. The molecule has 2 fully saturated rings. The summed E-state index contributed by atoms with van der Waals surface area (Å²) >= 11 is 0. The zero-order valence-corrected chi connectivity index (χ0v) is 12.0. The van der Waals surface area contributed by atoms with Gasteiger partial charge in [0.15, 0.2) is 0 Å². The molecule has 0 unspecified atom stereocenters. The topological polar surface area (TPSA) is 47.3 Å². The molecule has 4 heteroatoms. The van der Waals surface area contributed by atoms with Gasteiger partial charge in [-0.25, -0.2) is 0 Å². The molecular formula is C15H23N3O. The lowest BCUT2D eigenvalue weighted by Crippen LogP contribution is -2.41. The standard InChI is InChI=1S/C15H23N3O/c1-15(2,18-9-5-6-10-18)11-13(12-16)14(19)17-7-3-4-8-17/h11H,3-10H2,1-2H3/b13-11+. The molecule has 0 aromatic carbocycles. The van der Waals surface area contributed by atoms with Crippen molar-refractivity contribution in [2.45, 2.75) is 45.1 Å². The van der Waals surface area contributed by atoms with E-state index in [0.29, 0.717) is 5.57 Å². The average molecular weight is 261 g/mol. The molecule has 2 heterocycles. The number of nitriles is 1. The monoisotopic (exact) mass is 261 g/mol. The van der Waals surface area contributed by atoms with E-state index >= 15 is 0 Å². The maximum atomic E-state index is 12.3. The summed E-state index contributed by atoms with van der Waals surface area (Å²) in [6.07, 6.45) is 6.39. The summed E-state index contributed by atoms with van der Waals surface area (Å²) in [5.41, 5.74) is 0.0931. The van der Waals surface area contributed by atoms with Gasteiger partial charge < -0.3 is 4.90 Å². The Balaban J connectivity index is 2.13. The number of rotatable bonds is 3. The summed E-state index contributed by atoms with van der Waals surface area (Å²) < 4.78 is 0. The first-order valence-electron chi connectivity index (χ1n) is 7.22. The van der Waals surface area contributed by atoms with E-state index in [1.54, 1.807) is 4.90 Å². The zero-order valence-electron chi connectivity index (χ0n) is 12.0. The molecule has 0 radical (unpaired) electrons. The van der Waals surface area contributed by atoms with Crippen molar-refractivity contribution in [3.8, 4) is 6.07 Å². The molecule has 0 aromatic heterocycles. The second kappa shape index (κ2) is 5.75. The van der Waals surface area contributed by atoms with Crippen LogP contribution in [-0.2, 0) is 4.79 Å². The van der Waals surface area contributed by atoms with Crippen LogP contribution in [0.2, 0.25) is 0 Å². The highest BCUT2D eigenvalue weighted by Crippen LogP contribution is 2.24. The normalized spacial score (nSPS) is 21.7. The minimum atomic E-state index is -0.211. The maximum Gasteiger partial charge on any atom is 0.264 e. The number of carbonyl (C=O) groups excluding carboxylic acids is 1. The quantitative estimate of drug-likeness (QED) is 0.576. The zero-order chi connectivity index (χ0) is 13.9. The fourth-order valence-corrected chi connectivity index (χ4v) is 2.97. The summed E-state index contributed by atoms with van der Waals surface area (Å²) in [7, 11) is 0. The SMILES string of the molecule is CC(C)(/C=C(\C#N)C(=O)N1CCCC1)N1CCCC1. The Bertz CT molecular complexity index is 408. The molecule has 104 valence electrons. The molecule has 4 nitrogen and oxygen atoms in total. The second-order valence-electron chi connectivity index (χ2n) is 6.02. The van der Waals surface area contributed by atoms with Crippen LogP contribution in [0.25, 0.3) is 0 Å². The largest absolute Gasteiger partial charge is 0.338 e. The van der Waals surface area contributed by atoms with Crippen LogP contribution in [-0.4, -0.2) is 47.4 Å². The van der Waals surface area contributed by atoms with Gasteiger partial charge in [0.2, 0.25) is 0 Å². The van der Waals surface area contributed by atoms with Gasteiger partial charge in [-0.05, 0) is 58.7 Å². The van der Waals surface area contributed by atoms with Crippen LogP contribution in [0, 0.1) is 11.3 Å². The molecule has 1 amide bonds. The van der Waals surface area contributed by atoms with Crippen LogP contribution in [0.15, 0.2) is 11.6 Å². The third kappa shape index (κ3) is 3.16. The Morgan fingerprint density at radius 2 is 1.63 bits per heavy atom. The molecule has 0 saturated carbocycles. The van der Waals surface area contributed by atoms with Crippen molar-refractivity contribution in [3.63, 3.8) is 0 Å². The summed E-state index contributed by atoms with van der Waals surface area (Å²) in [5.74, 6) is -0.0905. The lowest BCUT2D eigenvalue weighted by atomic mass is 9.99. The number of amides is 1. The number of likely N-dealkylation sites (tertiary alicyclic amines) is 2. The van der Waals surface area contributed by atoms with Crippen molar-refractivity contribution in [3.05, 3.63) is 11.6 Å². The third-order valence-electron chi connectivity index (χ3n) is 4.16. The Hall–Kier alpha value is -1.34. The van der Waals surface area contributed by atoms with Crippen LogP contribution in [0.3, 0.4) is 0 Å². The van der Waals surface area contributed by atoms with E-state index in [1.165, 1.54) is 12.8 Å². The number of hydrogen-bond acceptors (Lipinski definition) is 3. The third-order valence-corrected chi connectivity index (χ3v) is 4.16. The highest BCUT2D eigenvalue weighted by Gasteiger charge is 2.30. The fraction of sp³-hybridized carbons (Fsp3) is 0.733. The minimum Gasteiger partial charge on any atom is -0.338 e. The van der Waals surface area contributed by atoms with Crippen molar-refractivity contribution in [2.24, 2.45) is 0 Å². The van der Waals surface area contributed by atoms with Gasteiger partial charge in [-0.1, -0.05) is 0 Å². The van der Waals surface area contributed by atoms with Gasteiger partial charge in [0, 0.05) is 18.6 Å². The lowest BCUT2D eigenvalue weighted by Gasteiger charge is -2.33. The van der Waals surface area contributed by atoms with Crippen LogP contribution < -0.4 is 0 Å². The van der Waals surface area contributed by atoms with Gasteiger partial charge in [0.05, 0.1) is 0 Å². The van der Waals surface area contributed by atoms with E-state index in [4.69, 9.17) is 0 Å². The molecule has 2 saturated heterocycles. The van der Waals surface area contributed by atoms with E-state index in [-0.39, 0.29) is 11.4 Å². The molecule has 0 aliphatic carbocycles. The van der Waals surface area contributed by atoms with Crippen LogP contribution >= 0.6 is 0 Å². The van der Waals surface area contributed by atoms with Gasteiger partial charge in [0.1, 0.15) is 11.6 Å². The van der Waals surface area contributed by atoms with Gasteiger partial charge in [-0.15, -0.1) is 0 Å². The lowest BCUT2D eigenvalue weighted by molar-refractivity contribution is -0.125. The Kier molecular flexibility index (Phi) is 4.26. The van der Waals surface area contributed by atoms with Crippen molar-refractivity contribution in [2.75, 3.05) is 26.2 Å². The van der Waals surface area contributed by atoms with Crippen molar-refractivity contribution in [1.29, 1.82) is 5.26 Å². The van der Waals surface area contributed by atoms with E-state index in [1.807, 2.05) is 6.08 Å². The first-order valence-corrected chi connectivity index (χ1v) is 7.22. The maximum absolute atomic E-state index is 12.3. The average Bonchev–Trinajstić information content (AvgIpc) is 3.06. The van der Waals surface area contributed by atoms with Crippen LogP contribution in [0.1, 0.15) is 39.5 Å². The highest BCUT2D eigenvalue weighted by molar-refractivity contribution is 5.97.